The first kappa shape index (κ1) is 36.0. The molecule has 0 aromatic heterocycles. The van der Waals surface area contributed by atoms with Crippen LogP contribution in [0.2, 0.25) is 0 Å². The van der Waals surface area contributed by atoms with Crippen molar-refractivity contribution in [2.75, 3.05) is 6.61 Å². The van der Waals surface area contributed by atoms with E-state index in [0.29, 0.717) is 42.4 Å². The molecule has 0 radical (unpaired) electrons. The van der Waals surface area contributed by atoms with Crippen molar-refractivity contribution >= 4 is 23.5 Å². The van der Waals surface area contributed by atoms with E-state index < -0.39 is 75.7 Å². The number of halogens is 1. The fraction of sp³-hybridized carbons (Fsp3) is 0.611. The number of hydrogen-bond acceptors (Lipinski definition) is 11. The van der Waals surface area contributed by atoms with Crippen LogP contribution in [0.15, 0.2) is 48.1 Å². The molecule has 1 aromatic rings. The van der Waals surface area contributed by atoms with Crippen LogP contribution in [0.4, 0.5) is 4.39 Å². The van der Waals surface area contributed by atoms with Gasteiger partial charge in [0.1, 0.15) is 0 Å². The third-order valence-electron chi connectivity index (χ3n) is 11.8. The van der Waals surface area contributed by atoms with Gasteiger partial charge in [0, 0.05) is 29.1 Å². The van der Waals surface area contributed by atoms with E-state index in [4.69, 9.17) is 19.9 Å². The minimum atomic E-state index is -2.13. The van der Waals surface area contributed by atoms with Crippen molar-refractivity contribution in [1.82, 2.24) is 5.39 Å². The predicted octanol–water partition coefficient (Wildman–Crippen LogP) is 4.94. The van der Waals surface area contributed by atoms with Gasteiger partial charge in [-0.2, -0.15) is 0 Å². The van der Waals surface area contributed by atoms with Crippen LogP contribution in [0, 0.1) is 28.6 Å². The Morgan fingerprint density at radius 2 is 1.79 bits per heavy atom. The van der Waals surface area contributed by atoms with Gasteiger partial charge in [0.05, 0.1) is 24.5 Å². The molecule has 8 atom stereocenters. The number of Topliss-reactive ketones (excluding diaryl/α,β-unsaturated/α-hetero) is 1. The highest BCUT2D eigenvalue weighted by Crippen LogP contribution is 2.71. The predicted molar refractivity (Wildman–Crippen MR) is 168 cm³/mol. The molecular weight excluding hydrogens is 625 g/mol. The summed E-state index contributed by atoms with van der Waals surface area (Å²) in [6, 6.07) is 6.64. The molecule has 5 rings (SSSR count). The number of allylic oxidation sites excluding steroid dienone is 4. The number of fused-ring (bicyclic) bond motifs is 5. The van der Waals surface area contributed by atoms with Crippen LogP contribution < -0.4 is 0 Å². The van der Waals surface area contributed by atoms with Crippen molar-refractivity contribution in [2.45, 2.75) is 103 Å². The number of ether oxygens (including phenoxy) is 2. The normalized spacial score (nSPS) is 35.4. The minimum absolute atomic E-state index is 0.0703. The molecule has 1 aromatic carbocycles. The van der Waals surface area contributed by atoms with E-state index in [1.807, 2.05) is 6.92 Å². The largest absolute Gasteiger partial charge is 0.457 e. The molecule has 0 bridgehead atoms. The van der Waals surface area contributed by atoms with Crippen molar-refractivity contribution in [1.29, 1.82) is 0 Å². The summed E-state index contributed by atoms with van der Waals surface area (Å²) in [6.45, 7) is 6.27. The molecule has 262 valence electrons. The number of hydrogen-bond donors (Lipinski definition) is 3. The Kier molecular flexibility index (Phi) is 10.2. The SMILES string of the molecule is CCCCC(=O)O[C@]1(C(=O)COC(=O)Cc2ccccc2CON(O)O)[C@@H](C)C[C@H]2C3CCC4=CC(=O)C=C[C@]4(C)[C@@]3(F)[C@@H](O)C[C@@]21C. The second-order valence-electron chi connectivity index (χ2n) is 14.3. The highest BCUT2D eigenvalue weighted by Gasteiger charge is 2.77. The van der Waals surface area contributed by atoms with Crippen molar-refractivity contribution in [2.24, 2.45) is 28.6 Å². The average molecular weight is 672 g/mol. The lowest BCUT2D eigenvalue weighted by atomic mass is 9.44. The Morgan fingerprint density at radius 3 is 2.48 bits per heavy atom. The Bertz CT molecular complexity index is 1510. The van der Waals surface area contributed by atoms with Gasteiger partial charge in [-0.3, -0.25) is 29.6 Å². The van der Waals surface area contributed by atoms with Crippen molar-refractivity contribution < 1.29 is 53.4 Å². The summed E-state index contributed by atoms with van der Waals surface area (Å²) in [5, 5.41) is 29.2. The second-order valence-corrected chi connectivity index (χ2v) is 14.3. The van der Waals surface area contributed by atoms with Gasteiger partial charge in [-0.1, -0.05) is 63.1 Å². The van der Waals surface area contributed by atoms with E-state index in [0.717, 1.165) is 6.42 Å². The number of benzene rings is 1. The maximum absolute atomic E-state index is 17.7. The first-order valence-electron chi connectivity index (χ1n) is 16.7. The minimum Gasteiger partial charge on any atom is -0.457 e. The van der Waals surface area contributed by atoms with E-state index in [-0.39, 0.29) is 31.7 Å². The third kappa shape index (κ3) is 5.85. The molecule has 0 spiro atoms. The van der Waals surface area contributed by atoms with E-state index in [9.17, 15) is 24.3 Å². The summed E-state index contributed by atoms with van der Waals surface area (Å²) in [6.07, 6.45) is 4.88. The number of esters is 2. The maximum atomic E-state index is 17.7. The smallest absolute Gasteiger partial charge is 0.310 e. The van der Waals surface area contributed by atoms with Gasteiger partial charge in [0.2, 0.25) is 5.78 Å². The zero-order chi connectivity index (χ0) is 35.1. The number of alkyl halides is 1. The summed E-state index contributed by atoms with van der Waals surface area (Å²) in [7, 11) is 0. The summed E-state index contributed by atoms with van der Waals surface area (Å²) in [4.78, 5) is 57.7. The Hall–Kier alpha value is -3.29. The highest BCUT2D eigenvalue weighted by molar-refractivity contribution is 6.01. The van der Waals surface area contributed by atoms with Gasteiger partial charge >= 0.3 is 11.9 Å². The van der Waals surface area contributed by atoms with Gasteiger partial charge in [0.15, 0.2) is 23.7 Å². The Balaban J connectivity index is 1.44. The summed E-state index contributed by atoms with van der Waals surface area (Å²) in [5.41, 5.74) is -4.73. The van der Waals surface area contributed by atoms with E-state index in [2.05, 4.69) is 4.84 Å². The van der Waals surface area contributed by atoms with Crippen LogP contribution in [0.25, 0.3) is 0 Å². The molecule has 12 heteroatoms. The highest BCUT2D eigenvalue weighted by atomic mass is 19.1. The number of aliphatic hydroxyl groups excluding tert-OH is 1. The quantitative estimate of drug-likeness (QED) is 0.204. The number of ketones is 2. The zero-order valence-corrected chi connectivity index (χ0v) is 27.9. The van der Waals surface area contributed by atoms with Crippen molar-refractivity contribution in [3.8, 4) is 0 Å². The number of carbonyl (C=O) groups excluding carboxylic acids is 4. The molecule has 0 saturated heterocycles. The molecule has 3 N–H and O–H groups in total. The molecule has 0 aliphatic heterocycles. The molecule has 3 saturated carbocycles. The summed E-state index contributed by atoms with van der Waals surface area (Å²) < 4.78 is 29.4. The molecule has 4 aliphatic rings. The van der Waals surface area contributed by atoms with Crippen molar-refractivity contribution in [3.63, 3.8) is 0 Å². The van der Waals surface area contributed by atoms with Crippen LogP contribution >= 0.6 is 0 Å². The van der Waals surface area contributed by atoms with Gasteiger partial charge in [0.25, 0.3) is 0 Å². The fourth-order valence-electron chi connectivity index (χ4n) is 9.41. The number of rotatable bonds is 12. The molecule has 48 heavy (non-hydrogen) atoms. The molecule has 11 nitrogen and oxygen atoms in total. The summed E-state index contributed by atoms with van der Waals surface area (Å²) in [5.74, 6) is -3.92. The Morgan fingerprint density at radius 1 is 1.08 bits per heavy atom. The van der Waals surface area contributed by atoms with E-state index in [1.54, 1.807) is 51.1 Å². The van der Waals surface area contributed by atoms with E-state index in [1.165, 1.54) is 12.2 Å². The molecule has 3 fully saturated rings. The fourth-order valence-corrected chi connectivity index (χ4v) is 9.41. The summed E-state index contributed by atoms with van der Waals surface area (Å²) >= 11 is 0. The van der Waals surface area contributed by atoms with Gasteiger partial charge in [-0.05, 0) is 68.2 Å². The lowest BCUT2D eigenvalue weighted by molar-refractivity contribution is -0.497. The zero-order valence-electron chi connectivity index (χ0n) is 27.9. The van der Waals surface area contributed by atoms with Gasteiger partial charge < -0.3 is 14.6 Å². The first-order valence-corrected chi connectivity index (χ1v) is 16.7. The lowest BCUT2D eigenvalue weighted by Crippen LogP contribution is -2.70. The monoisotopic (exact) mass is 671 g/mol. The number of nitrogens with zero attached hydrogens (tertiary/aromatic N) is 1. The molecule has 0 amide bonds. The number of aliphatic hydroxyl groups is 1. The lowest BCUT2D eigenvalue weighted by Gasteiger charge is -2.62. The maximum Gasteiger partial charge on any atom is 0.310 e. The molecule has 1 unspecified atom stereocenters. The number of unbranched alkanes of at least 4 members (excludes halogenated alkanes) is 1. The van der Waals surface area contributed by atoms with Gasteiger partial charge in [-0.25, -0.2) is 9.23 Å². The van der Waals surface area contributed by atoms with Gasteiger partial charge in [-0.15, -0.1) is 0 Å². The molecule has 0 heterocycles. The van der Waals surface area contributed by atoms with Crippen molar-refractivity contribution in [3.05, 3.63) is 59.2 Å². The second kappa shape index (κ2) is 13.5. The van der Waals surface area contributed by atoms with Crippen LogP contribution in [-0.2, 0) is 46.5 Å². The number of carbonyl (C=O) groups is 4. The molecule has 4 aliphatic carbocycles. The standard InChI is InChI=1S/C36H46FNO10/c1-5-6-11-31(42)48-36(30(41)21-46-32(43)17-23-9-7-8-10-24(23)20-47-38(44)45)22(2)16-28-27-13-12-25-18-26(39)14-15-33(25,3)35(27,37)29(40)19-34(28,36)4/h7-10,14-15,18,22,27-29,40,44-45H,5-6,11-13,16-17,19-21H2,1-4H3/t22-,27?,28-,29-,33-,34-,35-,36-/m0/s1. The first-order chi connectivity index (χ1) is 22.6. The molecular formula is C36H46FNO10. The topological polar surface area (TPSA) is 160 Å². The van der Waals surface area contributed by atoms with E-state index >= 15 is 4.39 Å². The third-order valence-corrected chi connectivity index (χ3v) is 11.8. The van der Waals surface area contributed by atoms with Crippen LogP contribution in [-0.4, -0.2) is 68.4 Å². The van der Waals surface area contributed by atoms with Crippen LogP contribution in [0.1, 0.15) is 83.8 Å². The van der Waals surface area contributed by atoms with Crippen LogP contribution in [0.3, 0.4) is 0 Å². The Labute approximate surface area is 279 Å². The average Bonchev–Trinajstić information content (AvgIpc) is 3.25. The van der Waals surface area contributed by atoms with Crippen LogP contribution in [0.5, 0.6) is 0 Å².